The van der Waals surface area contributed by atoms with Gasteiger partial charge in [0.05, 0.1) is 12.1 Å². The normalized spacial score (nSPS) is 20.1. The van der Waals surface area contributed by atoms with Gasteiger partial charge in [-0.2, -0.15) is 13.2 Å². The molecule has 0 saturated carbocycles. The van der Waals surface area contributed by atoms with Crippen LogP contribution in [0.1, 0.15) is 61.3 Å². The highest BCUT2D eigenvalue weighted by molar-refractivity contribution is 6.02. The highest BCUT2D eigenvalue weighted by Crippen LogP contribution is 2.31. The first-order chi connectivity index (χ1) is 15.8. The van der Waals surface area contributed by atoms with E-state index < -0.39 is 71.8 Å². The van der Waals surface area contributed by atoms with Gasteiger partial charge < -0.3 is 25.8 Å². The quantitative estimate of drug-likeness (QED) is 0.472. The molecule has 1 fully saturated rings. The first-order valence-electron chi connectivity index (χ1n) is 11.5. The second-order valence-electron chi connectivity index (χ2n) is 10.1. The predicted octanol–water partition coefficient (Wildman–Crippen LogP) is 1.54. The zero-order chi connectivity index (χ0) is 27.5. The molecule has 1 heterocycles. The number of alkyl carbamates (subject to hydrolysis) is 1. The molecular weight excluding hydrogens is 473 g/mol. The first-order valence-corrected chi connectivity index (χ1v) is 11.5. The van der Waals surface area contributed by atoms with Crippen molar-refractivity contribution in [2.75, 3.05) is 6.54 Å². The van der Waals surface area contributed by atoms with Gasteiger partial charge in [0.1, 0.15) is 17.7 Å². The lowest BCUT2D eigenvalue weighted by molar-refractivity contribution is -0.226. The SMILES string of the molecule is CC(N)C(=O)N(C(=O)C1CCCN1C(=O)C(C)NC(=O)OC(C)(C)C)C(C(C)C)C(O)C(F)(F)F. The van der Waals surface area contributed by atoms with Gasteiger partial charge in [-0.05, 0) is 53.4 Å². The van der Waals surface area contributed by atoms with E-state index in [1.54, 1.807) is 20.8 Å². The smallest absolute Gasteiger partial charge is 0.416 e. The molecular formula is C22H37F3N4O6. The van der Waals surface area contributed by atoms with E-state index in [0.717, 1.165) is 4.90 Å². The van der Waals surface area contributed by atoms with Gasteiger partial charge in [0.15, 0.2) is 6.10 Å². The number of nitrogens with zero attached hydrogens (tertiary/aromatic N) is 2. The summed E-state index contributed by atoms with van der Waals surface area (Å²) >= 11 is 0. The van der Waals surface area contributed by atoms with Crippen LogP contribution in [-0.4, -0.2) is 87.3 Å². The number of imide groups is 1. The van der Waals surface area contributed by atoms with Crippen LogP contribution in [0.25, 0.3) is 0 Å². The van der Waals surface area contributed by atoms with E-state index in [2.05, 4.69) is 5.32 Å². The average Bonchev–Trinajstić information content (AvgIpc) is 3.16. The number of nitrogens with two attached hydrogens (primary N) is 1. The summed E-state index contributed by atoms with van der Waals surface area (Å²) in [6.07, 6.45) is -8.55. The second-order valence-corrected chi connectivity index (χ2v) is 10.1. The number of hydrogen-bond donors (Lipinski definition) is 3. The third-order valence-electron chi connectivity index (χ3n) is 5.43. The number of rotatable bonds is 7. The summed E-state index contributed by atoms with van der Waals surface area (Å²) in [5.41, 5.74) is 4.80. The molecule has 4 amide bonds. The molecule has 0 radical (unpaired) electrons. The number of halogens is 3. The molecule has 13 heteroatoms. The molecule has 5 unspecified atom stereocenters. The Hall–Kier alpha value is -2.41. The van der Waals surface area contributed by atoms with Gasteiger partial charge in [-0.15, -0.1) is 0 Å². The van der Waals surface area contributed by atoms with Crippen molar-refractivity contribution < 1.29 is 42.2 Å². The van der Waals surface area contributed by atoms with Crippen molar-refractivity contribution in [3.63, 3.8) is 0 Å². The molecule has 1 aliphatic rings. The Morgan fingerprint density at radius 2 is 1.66 bits per heavy atom. The summed E-state index contributed by atoms with van der Waals surface area (Å²) in [5.74, 6) is -3.81. The van der Waals surface area contributed by atoms with E-state index >= 15 is 0 Å². The molecule has 0 bridgehead atoms. The van der Waals surface area contributed by atoms with E-state index in [9.17, 15) is 37.5 Å². The molecule has 5 atom stereocenters. The first kappa shape index (κ1) is 30.6. The Morgan fingerprint density at radius 1 is 1.11 bits per heavy atom. The number of alkyl halides is 3. The number of carbonyl (C=O) groups excluding carboxylic acids is 4. The number of amides is 4. The Labute approximate surface area is 203 Å². The second kappa shape index (κ2) is 11.5. The molecule has 1 saturated heterocycles. The van der Waals surface area contributed by atoms with Crippen molar-refractivity contribution >= 4 is 23.8 Å². The number of aliphatic hydroxyl groups is 1. The summed E-state index contributed by atoms with van der Waals surface area (Å²) in [6.45, 7) is 10.3. The summed E-state index contributed by atoms with van der Waals surface area (Å²) in [5, 5.41) is 12.4. The lowest BCUT2D eigenvalue weighted by Crippen LogP contribution is -2.63. The minimum absolute atomic E-state index is 0.0827. The minimum Gasteiger partial charge on any atom is -0.444 e. The van der Waals surface area contributed by atoms with Crippen LogP contribution < -0.4 is 11.1 Å². The summed E-state index contributed by atoms with van der Waals surface area (Å²) in [7, 11) is 0. The van der Waals surface area contributed by atoms with E-state index in [0.29, 0.717) is 11.3 Å². The highest BCUT2D eigenvalue weighted by atomic mass is 19.4. The third-order valence-corrected chi connectivity index (χ3v) is 5.43. The van der Waals surface area contributed by atoms with Crippen molar-refractivity contribution in [2.45, 2.75) is 103 Å². The predicted molar refractivity (Wildman–Crippen MR) is 120 cm³/mol. The van der Waals surface area contributed by atoms with Crippen LogP contribution in [0, 0.1) is 5.92 Å². The lowest BCUT2D eigenvalue weighted by atomic mass is 9.94. The van der Waals surface area contributed by atoms with Crippen LogP contribution in [0.5, 0.6) is 0 Å². The Balaban J connectivity index is 3.26. The van der Waals surface area contributed by atoms with Gasteiger partial charge >= 0.3 is 12.3 Å². The zero-order valence-electron chi connectivity index (χ0n) is 21.2. The summed E-state index contributed by atoms with van der Waals surface area (Å²) in [4.78, 5) is 52.9. The molecule has 0 spiro atoms. The largest absolute Gasteiger partial charge is 0.444 e. The maximum absolute atomic E-state index is 13.5. The number of ether oxygens (including phenoxy) is 1. The topological polar surface area (TPSA) is 142 Å². The molecule has 0 aliphatic carbocycles. The fourth-order valence-electron chi connectivity index (χ4n) is 3.86. The monoisotopic (exact) mass is 510 g/mol. The van der Waals surface area contributed by atoms with Crippen molar-refractivity contribution in [1.82, 2.24) is 15.1 Å². The Bertz CT molecular complexity index is 797. The standard InChI is InChI=1S/C22H37F3N4O6/c1-11(2)15(16(30)22(23,24)25)29(17(31)12(3)26)19(33)14-9-8-10-28(14)18(32)13(4)27-20(34)35-21(5,6)7/h11-16,30H,8-10,26H2,1-7H3,(H,27,34). The molecule has 202 valence electrons. The molecule has 0 aromatic carbocycles. The molecule has 1 aliphatic heterocycles. The minimum atomic E-state index is -5.11. The van der Waals surface area contributed by atoms with Gasteiger partial charge in [-0.1, -0.05) is 13.8 Å². The van der Waals surface area contributed by atoms with Crippen LogP contribution in [0.3, 0.4) is 0 Å². The molecule has 0 aromatic heterocycles. The number of aliphatic hydroxyl groups excluding tert-OH is 1. The summed E-state index contributed by atoms with van der Waals surface area (Å²) in [6, 6.07) is -5.66. The maximum atomic E-state index is 13.5. The van der Waals surface area contributed by atoms with Crippen molar-refractivity contribution in [3.05, 3.63) is 0 Å². The molecule has 4 N–H and O–H groups in total. The highest BCUT2D eigenvalue weighted by Gasteiger charge is 2.52. The van der Waals surface area contributed by atoms with Crippen molar-refractivity contribution in [3.8, 4) is 0 Å². The third kappa shape index (κ3) is 8.06. The van der Waals surface area contributed by atoms with Crippen LogP contribution in [-0.2, 0) is 19.1 Å². The number of likely N-dealkylation sites (tertiary alicyclic amines) is 1. The number of carbonyl (C=O) groups is 4. The van der Waals surface area contributed by atoms with Crippen LogP contribution in [0.15, 0.2) is 0 Å². The van der Waals surface area contributed by atoms with Gasteiger partial charge in [0.25, 0.3) is 5.91 Å². The number of nitrogens with one attached hydrogen (secondary N) is 1. The fraction of sp³-hybridized carbons (Fsp3) is 0.818. The lowest BCUT2D eigenvalue weighted by Gasteiger charge is -2.40. The fourth-order valence-corrected chi connectivity index (χ4v) is 3.86. The Kier molecular flexibility index (Phi) is 10.1. The van der Waals surface area contributed by atoms with E-state index in [-0.39, 0.29) is 13.0 Å². The van der Waals surface area contributed by atoms with E-state index in [1.807, 2.05) is 0 Å². The van der Waals surface area contributed by atoms with Crippen molar-refractivity contribution in [2.24, 2.45) is 11.7 Å². The van der Waals surface area contributed by atoms with Crippen molar-refractivity contribution in [1.29, 1.82) is 0 Å². The Morgan fingerprint density at radius 3 is 2.09 bits per heavy atom. The number of hydrogen-bond acceptors (Lipinski definition) is 7. The van der Waals surface area contributed by atoms with Gasteiger partial charge in [0, 0.05) is 6.54 Å². The van der Waals surface area contributed by atoms with Crippen LogP contribution in [0.2, 0.25) is 0 Å². The van der Waals surface area contributed by atoms with Gasteiger partial charge in [-0.25, -0.2) is 4.79 Å². The van der Waals surface area contributed by atoms with E-state index in [4.69, 9.17) is 10.5 Å². The molecule has 10 nitrogen and oxygen atoms in total. The van der Waals surface area contributed by atoms with E-state index in [1.165, 1.54) is 27.7 Å². The maximum Gasteiger partial charge on any atom is 0.416 e. The zero-order valence-corrected chi connectivity index (χ0v) is 21.2. The molecule has 35 heavy (non-hydrogen) atoms. The molecule has 1 rings (SSSR count). The summed E-state index contributed by atoms with van der Waals surface area (Å²) < 4.78 is 45.4. The van der Waals surface area contributed by atoms with Gasteiger partial charge in [-0.3, -0.25) is 19.3 Å². The molecule has 0 aromatic rings. The van der Waals surface area contributed by atoms with Crippen LogP contribution in [0.4, 0.5) is 18.0 Å². The average molecular weight is 511 g/mol. The van der Waals surface area contributed by atoms with Crippen LogP contribution >= 0.6 is 0 Å². The van der Waals surface area contributed by atoms with Gasteiger partial charge in [0.2, 0.25) is 11.8 Å².